The van der Waals surface area contributed by atoms with Crippen molar-refractivity contribution in [3.05, 3.63) is 35.6 Å². The highest BCUT2D eigenvalue weighted by Crippen LogP contribution is 2.47. The molecule has 4 nitrogen and oxygen atoms in total. The normalized spacial score (nSPS) is 26.5. The first-order valence-electron chi connectivity index (χ1n) is 7.86. The predicted molar refractivity (Wildman–Crippen MR) is 88.5 cm³/mol. The van der Waals surface area contributed by atoms with Crippen LogP contribution in [-0.4, -0.2) is 51.9 Å². The molecule has 1 aromatic rings. The summed E-state index contributed by atoms with van der Waals surface area (Å²) in [5, 5.41) is 0. The molecule has 0 saturated carbocycles. The molecule has 23 heavy (non-hydrogen) atoms. The molecule has 0 aliphatic carbocycles. The fraction of sp³-hybridized carbons (Fsp3) is 0.529. The number of hydrogen-bond acceptors (Lipinski definition) is 3. The number of thioether (sulfide) groups is 1. The molecule has 2 heterocycles. The first-order chi connectivity index (χ1) is 10.9. The van der Waals surface area contributed by atoms with Gasteiger partial charge in [-0.05, 0) is 37.5 Å². The topological polar surface area (TPSA) is 40.6 Å². The molecular formula is C17H21FN2O2S. The highest BCUT2D eigenvalue weighted by molar-refractivity contribution is 8.01. The molecule has 0 bridgehead atoms. The van der Waals surface area contributed by atoms with Crippen molar-refractivity contribution in [2.75, 3.05) is 19.3 Å². The van der Waals surface area contributed by atoms with Gasteiger partial charge < -0.3 is 9.80 Å². The van der Waals surface area contributed by atoms with Crippen molar-refractivity contribution in [3.63, 3.8) is 0 Å². The molecule has 2 atom stereocenters. The summed E-state index contributed by atoms with van der Waals surface area (Å²) in [6.07, 6.45) is 2.03. The summed E-state index contributed by atoms with van der Waals surface area (Å²) in [5.41, 5.74) is 0.994. The number of carbonyl (C=O) groups excluding carboxylic acids is 2. The van der Waals surface area contributed by atoms with E-state index in [0.29, 0.717) is 25.1 Å². The van der Waals surface area contributed by atoms with Gasteiger partial charge in [-0.3, -0.25) is 9.59 Å². The summed E-state index contributed by atoms with van der Waals surface area (Å²) in [5.74, 6) is 0.497. The molecule has 0 spiro atoms. The van der Waals surface area contributed by atoms with Crippen LogP contribution in [0.3, 0.4) is 0 Å². The summed E-state index contributed by atoms with van der Waals surface area (Å²) in [6.45, 7) is 2.61. The highest BCUT2D eigenvalue weighted by atomic mass is 32.2. The van der Waals surface area contributed by atoms with Gasteiger partial charge in [0.05, 0.1) is 4.87 Å². The largest absolute Gasteiger partial charge is 0.344 e. The average molecular weight is 336 g/mol. The Balaban J connectivity index is 1.61. The number of hydrogen-bond donors (Lipinski definition) is 0. The van der Waals surface area contributed by atoms with E-state index in [1.54, 1.807) is 40.7 Å². The van der Waals surface area contributed by atoms with Gasteiger partial charge in [-0.25, -0.2) is 4.39 Å². The Hall–Kier alpha value is -1.56. The van der Waals surface area contributed by atoms with Gasteiger partial charge in [0.25, 0.3) is 0 Å². The zero-order valence-electron chi connectivity index (χ0n) is 13.4. The van der Waals surface area contributed by atoms with Crippen molar-refractivity contribution in [2.24, 2.45) is 0 Å². The molecule has 2 amide bonds. The Morgan fingerprint density at radius 1 is 1.43 bits per heavy atom. The third-order valence-electron chi connectivity index (χ3n) is 4.76. The van der Waals surface area contributed by atoms with Crippen LogP contribution >= 0.6 is 11.8 Å². The minimum Gasteiger partial charge on any atom is -0.344 e. The van der Waals surface area contributed by atoms with Crippen LogP contribution in [0.2, 0.25) is 0 Å². The Morgan fingerprint density at radius 2 is 2.13 bits per heavy atom. The summed E-state index contributed by atoms with van der Waals surface area (Å²) < 4.78 is 12.9. The second-order valence-electron chi connectivity index (χ2n) is 6.40. The Kier molecular flexibility index (Phi) is 4.36. The van der Waals surface area contributed by atoms with E-state index in [-0.39, 0.29) is 28.5 Å². The molecule has 1 aromatic carbocycles. The van der Waals surface area contributed by atoms with Gasteiger partial charge in [0.15, 0.2) is 0 Å². The zero-order valence-corrected chi connectivity index (χ0v) is 14.2. The number of fused-ring (bicyclic) bond motifs is 1. The first-order valence-corrected chi connectivity index (χ1v) is 8.85. The molecule has 2 fully saturated rings. The van der Waals surface area contributed by atoms with Gasteiger partial charge in [-0.1, -0.05) is 12.1 Å². The lowest BCUT2D eigenvalue weighted by molar-refractivity contribution is -0.142. The van der Waals surface area contributed by atoms with Crippen LogP contribution in [0.15, 0.2) is 24.3 Å². The third kappa shape index (κ3) is 3.09. The van der Waals surface area contributed by atoms with Crippen LogP contribution < -0.4 is 0 Å². The number of benzene rings is 1. The fourth-order valence-electron chi connectivity index (χ4n) is 3.32. The van der Waals surface area contributed by atoms with Crippen LogP contribution in [0, 0.1) is 5.82 Å². The van der Waals surface area contributed by atoms with Gasteiger partial charge in [0, 0.05) is 25.8 Å². The Morgan fingerprint density at radius 3 is 2.83 bits per heavy atom. The van der Waals surface area contributed by atoms with E-state index in [0.717, 1.165) is 12.0 Å². The number of halogens is 1. The number of amides is 2. The third-order valence-corrected chi connectivity index (χ3v) is 6.26. The molecule has 6 heteroatoms. The van der Waals surface area contributed by atoms with Crippen molar-refractivity contribution in [3.8, 4) is 0 Å². The maximum absolute atomic E-state index is 12.9. The smallest absolute Gasteiger partial charge is 0.246 e. The van der Waals surface area contributed by atoms with E-state index in [2.05, 4.69) is 0 Å². The summed E-state index contributed by atoms with van der Waals surface area (Å²) in [4.78, 5) is 28.1. The summed E-state index contributed by atoms with van der Waals surface area (Å²) in [6, 6.07) is 5.98. The highest BCUT2D eigenvalue weighted by Gasteiger charge is 2.53. The van der Waals surface area contributed by atoms with Crippen molar-refractivity contribution in [2.45, 2.75) is 37.1 Å². The molecule has 3 rings (SSSR count). The minimum absolute atomic E-state index is 0.00131. The number of carbonyl (C=O) groups is 2. The second-order valence-corrected chi connectivity index (χ2v) is 7.90. The zero-order chi connectivity index (χ0) is 16.6. The van der Waals surface area contributed by atoms with E-state index in [4.69, 9.17) is 0 Å². The lowest BCUT2D eigenvalue weighted by Gasteiger charge is -2.32. The number of likely N-dealkylation sites (N-methyl/N-ethyl adjacent to an activating group) is 1. The molecule has 0 radical (unpaired) electrons. The minimum atomic E-state index is -0.349. The monoisotopic (exact) mass is 336 g/mol. The van der Waals surface area contributed by atoms with Gasteiger partial charge >= 0.3 is 0 Å². The summed E-state index contributed by atoms with van der Waals surface area (Å²) in [7, 11) is 1.77. The quantitative estimate of drug-likeness (QED) is 0.847. The maximum atomic E-state index is 12.9. The maximum Gasteiger partial charge on any atom is 0.246 e. The van der Waals surface area contributed by atoms with Gasteiger partial charge in [-0.2, -0.15) is 0 Å². The van der Waals surface area contributed by atoms with Crippen molar-refractivity contribution >= 4 is 23.6 Å². The standard InChI is InChI=1S/C17H21FN2O2S/c1-17-9-7-15(21)20(17)14(11-23-17)16(22)19(2)10-8-12-3-5-13(18)6-4-12/h3-6,14H,7-11H2,1-2H3/t14-,17+/m1/s1. The van der Waals surface area contributed by atoms with E-state index in [9.17, 15) is 14.0 Å². The van der Waals surface area contributed by atoms with Crippen molar-refractivity contribution in [1.29, 1.82) is 0 Å². The van der Waals surface area contributed by atoms with E-state index in [1.165, 1.54) is 12.1 Å². The lowest BCUT2D eigenvalue weighted by Crippen LogP contribution is -2.50. The molecule has 2 saturated heterocycles. The molecule has 124 valence electrons. The van der Waals surface area contributed by atoms with Gasteiger partial charge in [-0.15, -0.1) is 11.8 Å². The Bertz CT molecular complexity index is 622. The summed E-state index contributed by atoms with van der Waals surface area (Å²) >= 11 is 1.70. The second kappa shape index (κ2) is 6.15. The fourth-order valence-corrected chi connectivity index (χ4v) is 4.74. The number of rotatable bonds is 4. The van der Waals surface area contributed by atoms with Crippen LogP contribution in [-0.2, 0) is 16.0 Å². The average Bonchev–Trinajstić information content (AvgIpc) is 3.02. The van der Waals surface area contributed by atoms with Gasteiger partial charge in [0.2, 0.25) is 11.8 Å². The first kappa shape index (κ1) is 16.3. The predicted octanol–water partition coefficient (Wildman–Crippen LogP) is 2.28. The van der Waals surface area contributed by atoms with Crippen LogP contribution in [0.5, 0.6) is 0 Å². The molecular weight excluding hydrogens is 315 g/mol. The van der Waals surface area contributed by atoms with E-state index in [1.807, 2.05) is 6.92 Å². The molecule has 0 aromatic heterocycles. The lowest BCUT2D eigenvalue weighted by atomic mass is 10.1. The van der Waals surface area contributed by atoms with E-state index >= 15 is 0 Å². The SMILES string of the molecule is CN(CCc1ccc(F)cc1)C(=O)[C@H]1CS[C@@]2(C)CCC(=O)N12. The Labute approximate surface area is 140 Å². The molecule has 0 N–H and O–H groups in total. The van der Waals surface area contributed by atoms with Crippen LogP contribution in [0.4, 0.5) is 4.39 Å². The van der Waals surface area contributed by atoms with E-state index < -0.39 is 0 Å². The molecule has 2 aliphatic heterocycles. The number of nitrogens with zero attached hydrogens (tertiary/aromatic N) is 2. The molecule has 2 aliphatic rings. The van der Waals surface area contributed by atoms with Gasteiger partial charge in [0.1, 0.15) is 11.9 Å². The van der Waals surface area contributed by atoms with Crippen LogP contribution in [0.1, 0.15) is 25.3 Å². The molecule has 0 unspecified atom stereocenters. The van der Waals surface area contributed by atoms with Crippen LogP contribution in [0.25, 0.3) is 0 Å². The van der Waals surface area contributed by atoms with Crippen molar-refractivity contribution < 1.29 is 14.0 Å². The van der Waals surface area contributed by atoms with Crippen molar-refractivity contribution in [1.82, 2.24) is 9.80 Å².